The number of nitrogens with one attached hydrogen (secondary N) is 1. The van der Waals surface area contributed by atoms with Gasteiger partial charge in [0.05, 0.1) is 0 Å². The number of hydrogen-bond donors (Lipinski definition) is 1. The minimum atomic E-state index is -4.37. The summed E-state index contributed by atoms with van der Waals surface area (Å²) in [6.07, 6.45) is -4.53. The molecule has 2 heterocycles. The van der Waals surface area contributed by atoms with Crippen molar-refractivity contribution in [3.8, 4) is 0 Å². The Balaban J connectivity index is 2.36. The first-order valence-electron chi connectivity index (χ1n) is 4.10. The molecule has 0 bridgehead atoms. The van der Waals surface area contributed by atoms with Crippen molar-refractivity contribution in [1.82, 2.24) is 10.2 Å². The SMILES string of the molecule is O=C1CCC2(C(F)(F)F)NCCN12. The van der Waals surface area contributed by atoms with Crippen molar-refractivity contribution in [2.75, 3.05) is 13.1 Å². The molecule has 2 aliphatic heterocycles. The molecule has 0 radical (unpaired) electrons. The van der Waals surface area contributed by atoms with E-state index in [1.165, 1.54) is 0 Å². The van der Waals surface area contributed by atoms with Crippen LogP contribution in [0.1, 0.15) is 12.8 Å². The maximum absolute atomic E-state index is 12.6. The summed E-state index contributed by atoms with van der Waals surface area (Å²) in [5.41, 5.74) is -2.05. The standard InChI is InChI=1S/C7H9F3N2O/c8-7(9,10)6-2-1-5(13)12(6)4-3-11-6/h11H,1-4H2. The Morgan fingerprint density at radius 1 is 1.46 bits per heavy atom. The van der Waals surface area contributed by atoms with E-state index in [-0.39, 0.29) is 25.9 Å². The summed E-state index contributed by atoms with van der Waals surface area (Å²) in [7, 11) is 0. The molecule has 0 aromatic carbocycles. The lowest BCUT2D eigenvalue weighted by molar-refractivity contribution is -0.222. The minimum absolute atomic E-state index is 0.00743. The van der Waals surface area contributed by atoms with E-state index in [1.807, 2.05) is 0 Å². The van der Waals surface area contributed by atoms with Crippen LogP contribution in [0.2, 0.25) is 0 Å². The molecule has 0 aliphatic carbocycles. The summed E-state index contributed by atoms with van der Waals surface area (Å²) < 4.78 is 37.9. The van der Waals surface area contributed by atoms with Crippen LogP contribution in [0.5, 0.6) is 0 Å². The summed E-state index contributed by atoms with van der Waals surface area (Å²) in [5, 5.41) is 2.38. The molecule has 0 aromatic rings. The van der Waals surface area contributed by atoms with E-state index in [0.29, 0.717) is 0 Å². The van der Waals surface area contributed by atoms with E-state index in [2.05, 4.69) is 5.32 Å². The summed E-state index contributed by atoms with van der Waals surface area (Å²) in [5.74, 6) is -0.401. The lowest BCUT2D eigenvalue weighted by Crippen LogP contribution is -2.59. The minimum Gasteiger partial charge on any atom is -0.315 e. The summed E-state index contributed by atoms with van der Waals surface area (Å²) in [4.78, 5) is 12.0. The van der Waals surface area contributed by atoms with Gasteiger partial charge in [0.1, 0.15) is 0 Å². The number of rotatable bonds is 0. The number of halogens is 3. The third-order valence-corrected chi connectivity index (χ3v) is 2.68. The van der Waals surface area contributed by atoms with Crippen LogP contribution in [-0.2, 0) is 4.79 Å². The molecule has 2 fully saturated rings. The van der Waals surface area contributed by atoms with Gasteiger partial charge in [-0.15, -0.1) is 0 Å². The molecular formula is C7H9F3N2O. The van der Waals surface area contributed by atoms with Crippen LogP contribution in [-0.4, -0.2) is 35.7 Å². The Morgan fingerprint density at radius 3 is 2.69 bits per heavy atom. The summed E-state index contributed by atoms with van der Waals surface area (Å²) in [6, 6.07) is 0. The van der Waals surface area contributed by atoms with Gasteiger partial charge in [-0.25, -0.2) is 0 Å². The Bertz CT molecular complexity index is 253. The fourth-order valence-corrected chi connectivity index (χ4v) is 2.04. The first-order chi connectivity index (χ1) is 5.97. The highest BCUT2D eigenvalue weighted by Crippen LogP contribution is 2.43. The van der Waals surface area contributed by atoms with Gasteiger partial charge >= 0.3 is 6.18 Å². The zero-order valence-electron chi connectivity index (χ0n) is 6.82. The summed E-state index contributed by atoms with van der Waals surface area (Å²) in [6.45, 7) is 0.392. The zero-order valence-corrected chi connectivity index (χ0v) is 6.82. The average molecular weight is 194 g/mol. The number of carbonyl (C=O) groups excluding carboxylic acids is 1. The van der Waals surface area contributed by atoms with Gasteiger partial charge in [-0.05, 0) is 0 Å². The van der Waals surface area contributed by atoms with Gasteiger partial charge in [-0.2, -0.15) is 13.2 Å². The molecule has 74 valence electrons. The molecule has 0 spiro atoms. The topological polar surface area (TPSA) is 32.3 Å². The van der Waals surface area contributed by atoms with Crippen molar-refractivity contribution in [2.45, 2.75) is 24.7 Å². The van der Waals surface area contributed by atoms with Crippen molar-refractivity contribution in [3.63, 3.8) is 0 Å². The van der Waals surface area contributed by atoms with Gasteiger partial charge < -0.3 is 4.90 Å². The maximum Gasteiger partial charge on any atom is 0.425 e. The molecule has 0 aromatic heterocycles. The predicted octanol–water partition coefficient (Wildman–Crippen LogP) is 0.471. The molecular weight excluding hydrogens is 185 g/mol. The van der Waals surface area contributed by atoms with Gasteiger partial charge in [0, 0.05) is 25.9 Å². The van der Waals surface area contributed by atoms with Gasteiger partial charge in [-0.1, -0.05) is 0 Å². The highest BCUT2D eigenvalue weighted by molar-refractivity contribution is 5.80. The Kier molecular flexibility index (Phi) is 1.61. The molecule has 6 heteroatoms. The van der Waals surface area contributed by atoms with E-state index in [4.69, 9.17) is 0 Å². The molecule has 1 N–H and O–H groups in total. The van der Waals surface area contributed by atoms with E-state index >= 15 is 0 Å². The maximum atomic E-state index is 12.6. The van der Waals surface area contributed by atoms with Crippen LogP contribution >= 0.6 is 0 Å². The molecule has 13 heavy (non-hydrogen) atoms. The molecule has 2 saturated heterocycles. The quantitative estimate of drug-likeness (QED) is 0.608. The molecule has 1 unspecified atom stereocenters. The van der Waals surface area contributed by atoms with Crippen molar-refractivity contribution in [2.24, 2.45) is 0 Å². The second-order valence-corrected chi connectivity index (χ2v) is 3.33. The molecule has 1 amide bonds. The normalized spacial score (nSPS) is 34.1. The molecule has 2 aliphatic rings. The Hall–Kier alpha value is -0.780. The number of nitrogens with zero attached hydrogens (tertiary/aromatic N) is 1. The van der Waals surface area contributed by atoms with Crippen LogP contribution in [0, 0.1) is 0 Å². The first kappa shape index (κ1) is 8.80. The predicted molar refractivity (Wildman–Crippen MR) is 37.7 cm³/mol. The Morgan fingerprint density at radius 2 is 2.15 bits per heavy atom. The highest BCUT2D eigenvalue weighted by atomic mass is 19.4. The van der Waals surface area contributed by atoms with E-state index in [9.17, 15) is 18.0 Å². The third-order valence-electron chi connectivity index (χ3n) is 2.68. The average Bonchev–Trinajstić information content (AvgIpc) is 2.51. The number of carbonyl (C=O) groups is 1. The highest BCUT2D eigenvalue weighted by Gasteiger charge is 2.64. The second-order valence-electron chi connectivity index (χ2n) is 3.33. The lowest BCUT2D eigenvalue weighted by Gasteiger charge is -2.33. The number of hydrogen-bond acceptors (Lipinski definition) is 2. The van der Waals surface area contributed by atoms with Gasteiger partial charge in [0.25, 0.3) is 0 Å². The van der Waals surface area contributed by atoms with Crippen molar-refractivity contribution >= 4 is 5.91 Å². The van der Waals surface area contributed by atoms with Crippen LogP contribution < -0.4 is 5.32 Å². The fraction of sp³-hybridized carbons (Fsp3) is 0.857. The van der Waals surface area contributed by atoms with Crippen molar-refractivity contribution < 1.29 is 18.0 Å². The van der Waals surface area contributed by atoms with Gasteiger partial charge in [0.2, 0.25) is 5.91 Å². The molecule has 2 rings (SSSR count). The largest absolute Gasteiger partial charge is 0.425 e. The number of fused-ring (bicyclic) bond motifs is 1. The molecule has 1 atom stereocenters. The smallest absolute Gasteiger partial charge is 0.315 e. The zero-order chi connectivity index (χ0) is 9.69. The van der Waals surface area contributed by atoms with Crippen molar-refractivity contribution in [3.05, 3.63) is 0 Å². The summed E-state index contributed by atoms with van der Waals surface area (Å²) >= 11 is 0. The number of amides is 1. The van der Waals surface area contributed by atoms with Crippen molar-refractivity contribution in [1.29, 1.82) is 0 Å². The first-order valence-corrected chi connectivity index (χ1v) is 4.10. The van der Waals surface area contributed by atoms with E-state index in [0.717, 1.165) is 4.90 Å². The molecule has 3 nitrogen and oxygen atoms in total. The lowest BCUT2D eigenvalue weighted by atomic mass is 10.1. The van der Waals surface area contributed by atoms with Crippen LogP contribution in [0.4, 0.5) is 13.2 Å². The third kappa shape index (κ3) is 0.979. The fourth-order valence-electron chi connectivity index (χ4n) is 2.04. The van der Waals surface area contributed by atoms with Gasteiger partial charge in [0.15, 0.2) is 5.66 Å². The van der Waals surface area contributed by atoms with Gasteiger partial charge in [-0.3, -0.25) is 10.1 Å². The van der Waals surface area contributed by atoms with Crippen LogP contribution in [0.15, 0.2) is 0 Å². The van der Waals surface area contributed by atoms with E-state index < -0.39 is 17.7 Å². The van der Waals surface area contributed by atoms with Crippen LogP contribution in [0.3, 0.4) is 0 Å². The monoisotopic (exact) mass is 194 g/mol. The van der Waals surface area contributed by atoms with E-state index in [1.54, 1.807) is 0 Å². The van der Waals surface area contributed by atoms with Crippen LogP contribution in [0.25, 0.3) is 0 Å². The number of alkyl halides is 3. The second kappa shape index (κ2) is 2.37. The Labute approximate surface area is 72.9 Å². The molecule has 0 saturated carbocycles.